The highest BCUT2D eigenvalue weighted by Gasteiger charge is 2.08. The predicted octanol–water partition coefficient (Wildman–Crippen LogP) is 6.67. The van der Waals surface area contributed by atoms with Gasteiger partial charge in [0.05, 0.1) is 0 Å². The average Bonchev–Trinajstić information content (AvgIpc) is 2.53. The lowest BCUT2D eigenvalue weighted by atomic mass is 10.1. The molecule has 0 fully saturated rings. The summed E-state index contributed by atoms with van der Waals surface area (Å²) in [6.07, 6.45) is 17.9. The Morgan fingerprint density at radius 2 is 1.36 bits per heavy atom. The van der Waals surface area contributed by atoms with Crippen molar-refractivity contribution in [1.82, 2.24) is 0 Å². The van der Waals surface area contributed by atoms with Crippen LogP contribution < -0.4 is 0 Å². The molecule has 0 aliphatic rings. The molecule has 2 nitrogen and oxygen atoms in total. The minimum absolute atomic E-state index is 0.0253. The van der Waals surface area contributed by atoms with Crippen LogP contribution in [0.3, 0.4) is 0 Å². The average molecular weight is 424 g/mol. The Morgan fingerprint density at radius 3 is 1.91 bits per heavy atom. The monoisotopic (exact) mass is 424 g/mol. The summed E-state index contributed by atoms with van der Waals surface area (Å²) in [5, 5.41) is 0. The van der Waals surface area contributed by atoms with Gasteiger partial charge in [-0.3, -0.25) is 0 Å². The topological polar surface area (TPSA) is 18.5 Å². The molecular formula is C19H37IO2. The van der Waals surface area contributed by atoms with Gasteiger partial charge < -0.3 is 9.47 Å². The van der Waals surface area contributed by atoms with Crippen molar-refractivity contribution in [1.29, 1.82) is 0 Å². The summed E-state index contributed by atoms with van der Waals surface area (Å²) in [4.78, 5) is 0. The van der Waals surface area contributed by atoms with Crippen LogP contribution in [0.2, 0.25) is 0 Å². The lowest BCUT2D eigenvalue weighted by molar-refractivity contribution is -0.147. The summed E-state index contributed by atoms with van der Waals surface area (Å²) in [7, 11) is 0. The molecule has 0 bridgehead atoms. The highest BCUT2D eigenvalue weighted by Crippen LogP contribution is 2.12. The zero-order valence-electron chi connectivity index (χ0n) is 14.8. The number of alkyl halides is 1. The van der Waals surface area contributed by atoms with Crippen LogP contribution in [0.25, 0.3) is 0 Å². The normalized spacial score (nSPS) is 11.8. The summed E-state index contributed by atoms with van der Waals surface area (Å²) in [5.41, 5.74) is 0. The number of halogens is 1. The number of allylic oxidation sites excluding steroid dienone is 2. The van der Waals surface area contributed by atoms with E-state index < -0.39 is 0 Å². The Labute approximate surface area is 152 Å². The first kappa shape index (κ1) is 22.4. The zero-order chi connectivity index (χ0) is 16.3. The molecule has 0 spiro atoms. The molecule has 0 unspecified atom stereocenters. The maximum absolute atomic E-state index is 5.86. The van der Waals surface area contributed by atoms with Crippen LogP contribution >= 0.6 is 22.6 Å². The van der Waals surface area contributed by atoms with E-state index in [1.165, 1.54) is 55.8 Å². The molecule has 0 heterocycles. The molecule has 0 rings (SSSR count). The largest absolute Gasteiger partial charge is 0.353 e. The van der Waals surface area contributed by atoms with Gasteiger partial charge in [0.1, 0.15) is 0 Å². The number of hydrogen-bond acceptors (Lipinski definition) is 2. The molecule has 0 radical (unpaired) electrons. The molecule has 0 aromatic carbocycles. The van der Waals surface area contributed by atoms with Crippen molar-refractivity contribution in [2.75, 3.05) is 17.6 Å². The molecule has 0 amide bonds. The maximum Gasteiger partial charge on any atom is 0.157 e. The first-order valence-electron chi connectivity index (χ1n) is 9.29. The van der Waals surface area contributed by atoms with Gasteiger partial charge in [0.2, 0.25) is 0 Å². The molecule has 132 valence electrons. The van der Waals surface area contributed by atoms with Gasteiger partial charge in [-0.25, -0.2) is 0 Å². The minimum Gasteiger partial charge on any atom is -0.353 e. The van der Waals surface area contributed by atoms with Crippen molar-refractivity contribution in [3.8, 4) is 0 Å². The second kappa shape index (κ2) is 19.4. The van der Waals surface area contributed by atoms with E-state index in [-0.39, 0.29) is 6.29 Å². The Kier molecular flexibility index (Phi) is 19.8. The molecule has 0 N–H and O–H groups in total. The molecule has 3 heteroatoms. The summed E-state index contributed by atoms with van der Waals surface area (Å²) < 4.78 is 13.0. The van der Waals surface area contributed by atoms with Gasteiger partial charge in [0.15, 0.2) is 6.29 Å². The summed E-state index contributed by atoms with van der Waals surface area (Å²) >= 11 is 2.44. The molecule has 0 aromatic rings. The first-order valence-corrected chi connectivity index (χ1v) is 10.8. The van der Waals surface area contributed by atoms with Gasteiger partial charge in [0, 0.05) is 13.2 Å². The van der Waals surface area contributed by atoms with Crippen molar-refractivity contribution in [2.24, 2.45) is 0 Å². The Hall–Kier alpha value is 0.390. The summed E-state index contributed by atoms with van der Waals surface area (Å²) in [6, 6.07) is 0. The van der Waals surface area contributed by atoms with Gasteiger partial charge in [-0.2, -0.15) is 0 Å². The number of hydrogen-bond donors (Lipinski definition) is 0. The van der Waals surface area contributed by atoms with E-state index >= 15 is 0 Å². The standard InChI is InChI=1S/C19H37IO2/c1-3-5-17-21-19(22-18-6-4-2)15-13-11-9-7-8-10-12-14-16-20/h8,10,19H,3-7,9,11-18H2,1-2H3/b10-8-. The SMILES string of the molecule is CCCCOC(CCCCC/C=C\CCCI)OCCCC. The molecule has 0 aliphatic heterocycles. The first-order chi connectivity index (χ1) is 10.8. The van der Waals surface area contributed by atoms with Crippen molar-refractivity contribution >= 4 is 22.6 Å². The van der Waals surface area contributed by atoms with E-state index in [1.54, 1.807) is 0 Å². The summed E-state index contributed by atoms with van der Waals surface area (Å²) in [5.74, 6) is 0. The van der Waals surface area contributed by atoms with Crippen LogP contribution in [0.15, 0.2) is 12.2 Å². The van der Waals surface area contributed by atoms with Crippen molar-refractivity contribution in [3.63, 3.8) is 0 Å². The summed E-state index contributed by atoms with van der Waals surface area (Å²) in [6.45, 7) is 6.08. The lowest BCUT2D eigenvalue weighted by Gasteiger charge is -2.18. The van der Waals surface area contributed by atoms with Crippen molar-refractivity contribution in [3.05, 3.63) is 12.2 Å². The van der Waals surface area contributed by atoms with E-state index in [1.807, 2.05) is 0 Å². The van der Waals surface area contributed by atoms with Crippen LogP contribution in [0.5, 0.6) is 0 Å². The van der Waals surface area contributed by atoms with Crippen LogP contribution in [-0.4, -0.2) is 23.9 Å². The van der Waals surface area contributed by atoms with E-state index in [0.29, 0.717) is 0 Å². The van der Waals surface area contributed by atoms with E-state index in [4.69, 9.17) is 9.47 Å². The Morgan fingerprint density at radius 1 is 0.773 bits per heavy atom. The third-order valence-corrected chi connectivity index (χ3v) is 4.35. The van der Waals surface area contributed by atoms with Gasteiger partial charge in [0.25, 0.3) is 0 Å². The second-order valence-corrected chi connectivity index (χ2v) is 6.90. The second-order valence-electron chi connectivity index (χ2n) is 5.82. The molecule has 0 aliphatic carbocycles. The third kappa shape index (κ3) is 16.8. The fourth-order valence-corrected chi connectivity index (χ4v) is 2.55. The molecule has 22 heavy (non-hydrogen) atoms. The Bertz CT molecular complexity index is 221. The van der Waals surface area contributed by atoms with Crippen LogP contribution in [0, 0.1) is 0 Å². The van der Waals surface area contributed by atoms with Crippen molar-refractivity contribution in [2.45, 2.75) is 90.8 Å². The minimum atomic E-state index is 0.0253. The van der Waals surface area contributed by atoms with Gasteiger partial charge >= 0.3 is 0 Å². The fourth-order valence-electron chi connectivity index (χ4n) is 2.11. The van der Waals surface area contributed by atoms with Gasteiger partial charge in [-0.1, -0.05) is 67.9 Å². The smallest absolute Gasteiger partial charge is 0.157 e. The van der Waals surface area contributed by atoms with Crippen LogP contribution in [-0.2, 0) is 9.47 Å². The zero-order valence-corrected chi connectivity index (χ0v) is 17.0. The van der Waals surface area contributed by atoms with Gasteiger partial charge in [-0.05, 0) is 55.8 Å². The fraction of sp³-hybridized carbons (Fsp3) is 0.895. The third-order valence-electron chi connectivity index (χ3n) is 3.58. The van der Waals surface area contributed by atoms with E-state index in [9.17, 15) is 0 Å². The highest BCUT2D eigenvalue weighted by atomic mass is 127. The van der Waals surface area contributed by atoms with Crippen LogP contribution in [0.1, 0.15) is 84.5 Å². The number of unbranched alkanes of at least 4 members (excludes halogenated alkanes) is 6. The lowest BCUT2D eigenvalue weighted by Crippen LogP contribution is -2.18. The molecule has 0 saturated carbocycles. The highest BCUT2D eigenvalue weighted by molar-refractivity contribution is 14.1. The molecule has 0 atom stereocenters. The quantitative estimate of drug-likeness (QED) is 0.0854. The van der Waals surface area contributed by atoms with Gasteiger partial charge in [-0.15, -0.1) is 0 Å². The molecule has 0 aromatic heterocycles. The molecular weight excluding hydrogens is 387 g/mol. The maximum atomic E-state index is 5.86. The predicted molar refractivity (Wildman–Crippen MR) is 106 cm³/mol. The number of ether oxygens (including phenoxy) is 2. The van der Waals surface area contributed by atoms with Crippen molar-refractivity contribution < 1.29 is 9.47 Å². The number of rotatable bonds is 17. The van der Waals surface area contributed by atoms with E-state index in [0.717, 1.165) is 32.5 Å². The molecule has 0 saturated heterocycles. The Balaban J connectivity index is 3.61. The van der Waals surface area contributed by atoms with Crippen LogP contribution in [0.4, 0.5) is 0 Å². The van der Waals surface area contributed by atoms with E-state index in [2.05, 4.69) is 48.6 Å².